The lowest BCUT2D eigenvalue weighted by Gasteiger charge is -2.15. The summed E-state index contributed by atoms with van der Waals surface area (Å²) in [5.74, 6) is 0. The highest BCUT2D eigenvalue weighted by Crippen LogP contribution is 2.22. The molecule has 0 amide bonds. The molecule has 0 saturated carbocycles. The zero-order chi connectivity index (χ0) is 14.5. The number of halogens is 1. The summed E-state index contributed by atoms with van der Waals surface area (Å²) in [4.78, 5) is 0. The molecule has 1 unspecified atom stereocenters. The molecule has 2 rings (SSSR count). The van der Waals surface area contributed by atoms with E-state index in [1.165, 1.54) is 0 Å². The van der Waals surface area contributed by atoms with E-state index in [2.05, 4.69) is 43.3 Å². The molecule has 1 aromatic carbocycles. The average molecular weight is 292 g/mol. The van der Waals surface area contributed by atoms with Crippen LogP contribution in [0.2, 0.25) is 5.02 Å². The Hall–Kier alpha value is -1.32. The van der Waals surface area contributed by atoms with E-state index in [9.17, 15) is 0 Å². The molecule has 0 aliphatic heterocycles. The molecule has 3 nitrogen and oxygen atoms in total. The summed E-state index contributed by atoms with van der Waals surface area (Å²) in [7, 11) is 0. The van der Waals surface area contributed by atoms with Crippen LogP contribution in [-0.2, 0) is 6.54 Å². The molecule has 20 heavy (non-hydrogen) atoms. The Labute approximate surface area is 126 Å². The van der Waals surface area contributed by atoms with Crippen molar-refractivity contribution in [3.8, 4) is 0 Å². The van der Waals surface area contributed by atoms with E-state index >= 15 is 0 Å². The van der Waals surface area contributed by atoms with Gasteiger partial charge < -0.3 is 5.32 Å². The van der Waals surface area contributed by atoms with Crippen LogP contribution in [0.4, 0.5) is 0 Å². The van der Waals surface area contributed by atoms with Gasteiger partial charge in [-0.3, -0.25) is 4.68 Å². The van der Waals surface area contributed by atoms with Crippen LogP contribution in [0, 0.1) is 0 Å². The fourth-order valence-corrected chi connectivity index (χ4v) is 2.40. The molecule has 4 heteroatoms. The molecule has 0 radical (unpaired) electrons. The van der Waals surface area contributed by atoms with Gasteiger partial charge in [0.15, 0.2) is 0 Å². The van der Waals surface area contributed by atoms with Crippen LogP contribution in [0.3, 0.4) is 0 Å². The number of aromatic nitrogens is 2. The monoisotopic (exact) mass is 291 g/mol. The Bertz CT molecular complexity index is 550. The van der Waals surface area contributed by atoms with Gasteiger partial charge in [-0.2, -0.15) is 5.10 Å². The number of rotatable bonds is 6. The molecule has 1 heterocycles. The van der Waals surface area contributed by atoms with Crippen molar-refractivity contribution in [2.45, 2.75) is 45.8 Å². The Morgan fingerprint density at radius 1 is 1.25 bits per heavy atom. The quantitative estimate of drug-likeness (QED) is 0.857. The summed E-state index contributed by atoms with van der Waals surface area (Å²) in [6.07, 6.45) is 3.13. The van der Waals surface area contributed by atoms with Crippen LogP contribution in [0.5, 0.6) is 0 Å². The van der Waals surface area contributed by atoms with Crippen LogP contribution in [-0.4, -0.2) is 9.78 Å². The maximum absolute atomic E-state index is 6.21. The van der Waals surface area contributed by atoms with Gasteiger partial charge in [0.2, 0.25) is 0 Å². The zero-order valence-electron chi connectivity index (χ0n) is 12.3. The van der Waals surface area contributed by atoms with E-state index in [0.717, 1.165) is 29.2 Å². The summed E-state index contributed by atoms with van der Waals surface area (Å²) < 4.78 is 2.02. The predicted molar refractivity (Wildman–Crippen MR) is 83.9 cm³/mol. The fourth-order valence-electron chi connectivity index (χ4n) is 2.10. The maximum atomic E-state index is 6.21. The number of hydrogen-bond acceptors (Lipinski definition) is 2. The van der Waals surface area contributed by atoms with Gasteiger partial charge in [0.05, 0.1) is 5.69 Å². The van der Waals surface area contributed by atoms with E-state index in [1.807, 2.05) is 29.1 Å². The third-order valence-electron chi connectivity index (χ3n) is 3.67. The second-order valence-electron chi connectivity index (χ2n) is 5.17. The molecule has 0 saturated heterocycles. The van der Waals surface area contributed by atoms with Crippen molar-refractivity contribution in [3.63, 3.8) is 0 Å². The standard InChI is InChI=1S/C16H22ClN3/c1-4-12(2)20-10-9-14(19-20)11-18-13(3)15-7-5-6-8-16(15)17/h5-10,12-13,18H,4,11H2,1-3H3/t12?,13-/m0/s1. The van der Waals surface area contributed by atoms with Crippen LogP contribution in [0.1, 0.15) is 50.5 Å². The second-order valence-corrected chi connectivity index (χ2v) is 5.58. The molecular formula is C16H22ClN3. The lowest BCUT2D eigenvalue weighted by Crippen LogP contribution is -2.19. The van der Waals surface area contributed by atoms with Crippen molar-refractivity contribution >= 4 is 11.6 Å². The van der Waals surface area contributed by atoms with E-state index in [4.69, 9.17) is 11.6 Å². The SMILES string of the molecule is CCC(C)n1ccc(CN[C@@H](C)c2ccccc2Cl)n1. The molecule has 1 aromatic heterocycles. The number of nitrogens with one attached hydrogen (secondary N) is 1. The Morgan fingerprint density at radius 2 is 2.00 bits per heavy atom. The van der Waals surface area contributed by atoms with Gasteiger partial charge in [-0.1, -0.05) is 36.7 Å². The third kappa shape index (κ3) is 3.62. The van der Waals surface area contributed by atoms with Gasteiger partial charge in [0, 0.05) is 29.8 Å². The predicted octanol–water partition coefficient (Wildman–Crippen LogP) is 4.36. The minimum atomic E-state index is 0.206. The van der Waals surface area contributed by atoms with Crippen LogP contribution in [0.15, 0.2) is 36.5 Å². The lowest BCUT2D eigenvalue weighted by atomic mass is 10.1. The first-order valence-electron chi connectivity index (χ1n) is 7.13. The topological polar surface area (TPSA) is 29.9 Å². The van der Waals surface area contributed by atoms with Crippen molar-refractivity contribution in [1.82, 2.24) is 15.1 Å². The van der Waals surface area contributed by atoms with Gasteiger partial charge in [0.1, 0.15) is 0 Å². The summed E-state index contributed by atoms with van der Waals surface area (Å²) in [6.45, 7) is 7.21. The minimum Gasteiger partial charge on any atom is -0.304 e. The second kappa shape index (κ2) is 6.91. The average Bonchev–Trinajstić information content (AvgIpc) is 2.93. The first-order chi connectivity index (χ1) is 9.61. The third-order valence-corrected chi connectivity index (χ3v) is 4.01. The number of hydrogen-bond donors (Lipinski definition) is 1. The van der Waals surface area contributed by atoms with Crippen molar-refractivity contribution in [2.75, 3.05) is 0 Å². The molecule has 0 aliphatic rings. The highest BCUT2D eigenvalue weighted by atomic mass is 35.5. The van der Waals surface area contributed by atoms with Crippen molar-refractivity contribution in [1.29, 1.82) is 0 Å². The number of nitrogens with zero attached hydrogens (tertiary/aromatic N) is 2. The lowest BCUT2D eigenvalue weighted by molar-refractivity contribution is 0.468. The van der Waals surface area contributed by atoms with Gasteiger partial charge in [-0.25, -0.2) is 0 Å². The van der Waals surface area contributed by atoms with Crippen LogP contribution < -0.4 is 5.32 Å². The van der Waals surface area contributed by atoms with E-state index in [0.29, 0.717) is 6.04 Å². The molecule has 0 spiro atoms. The molecule has 2 aromatic rings. The molecule has 0 aliphatic carbocycles. The summed E-state index contributed by atoms with van der Waals surface area (Å²) >= 11 is 6.21. The van der Waals surface area contributed by atoms with Crippen molar-refractivity contribution in [3.05, 3.63) is 52.8 Å². The molecule has 108 valence electrons. The normalized spacial score (nSPS) is 14.2. The maximum Gasteiger partial charge on any atom is 0.0762 e. The van der Waals surface area contributed by atoms with Crippen molar-refractivity contribution < 1.29 is 0 Å². The molecule has 0 bridgehead atoms. The Morgan fingerprint density at radius 3 is 2.70 bits per heavy atom. The largest absolute Gasteiger partial charge is 0.304 e. The summed E-state index contributed by atoms with van der Waals surface area (Å²) in [5, 5.41) is 8.86. The van der Waals surface area contributed by atoms with Crippen LogP contribution >= 0.6 is 11.6 Å². The molecule has 1 N–H and O–H groups in total. The minimum absolute atomic E-state index is 0.206. The first-order valence-corrected chi connectivity index (χ1v) is 7.51. The Kier molecular flexibility index (Phi) is 5.21. The summed E-state index contributed by atoms with van der Waals surface area (Å²) in [6, 6.07) is 10.7. The van der Waals surface area contributed by atoms with Gasteiger partial charge in [-0.15, -0.1) is 0 Å². The smallest absolute Gasteiger partial charge is 0.0762 e. The fraction of sp³-hybridized carbons (Fsp3) is 0.438. The van der Waals surface area contributed by atoms with Gasteiger partial charge in [0.25, 0.3) is 0 Å². The zero-order valence-corrected chi connectivity index (χ0v) is 13.1. The summed E-state index contributed by atoms with van der Waals surface area (Å²) in [5.41, 5.74) is 2.18. The number of benzene rings is 1. The van der Waals surface area contributed by atoms with E-state index < -0.39 is 0 Å². The van der Waals surface area contributed by atoms with Gasteiger partial charge >= 0.3 is 0 Å². The van der Waals surface area contributed by atoms with Crippen LogP contribution in [0.25, 0.3) is 0 Å². The highest BCUT2D eigenvalue weighted by Gasteiger charge is 2.10. The Balaban J connectivity index is 1.95. The first kappa shape index (κ1) is 15.1. The highest BCUT2D eigenvalue weighted by molar-refractivity contribution is 6.31. The van der Waals surface area contributed by atoms with Gasteiger partial charge in [-0.05, 0) is 38.0 Å². The molecule has 2 atom stereocenters. The van der Waals surface area contributed by atoms with E-state index in [-0.39, 0.29) is 6.04 Å². The van der Waals surface area contributed by atoms with Crippen molar-refractivity contribution in [2.24, 2.45) is 0 Å². The molecular weight excluding hydrogens is 270 g/mol. The molecule has 0 fully saturated rings. The van der Waals surface area contributed by atoms with E-state index in [1.54, 1.807) is 0 Å².